The summed E-state index contributed by atoms with van der Waals surface area (Å²) >= 11 is 6.28. The number of methoxy groups -OCH3 is 1. The number of nitrogens with zero attached hydrogens (tertiary/aromatic N) is 3. The van der Waals surface area contributed by atoms with Crippen molar-refractivity contribution in [2.45, 2.75) is 25.9 Å². The van der Waals surface area contributed by atoms with Gasteiger partial charge in [-0.25, -0.2) is 9.98 Å². The van der Waals surface area contributed by atoms with Crippen LogP contribution in [0.1, 0.15) is 18.9 Å². The average molecular weight is 388 g/mol. The summed E-state index contributed by atoms with van der Waals surface area (Å²) in [6.07, 6.45) is 2.78. The lowest BCUT2D eigenvalue weighted by molar-refractivity contribution is 0.410. The van der Waals surface area contributed by atoms with Crippen molar-refractivity contribution >= 4 is 23.4 Å². The summed E-state index contributed by atoms with van der Waals surface area (Å²) in [5.41, 5.74) is 1.06. The maximum Gasteiger partial charge on any atom is 0.191 e. The van der Waals surface area contributed by atoms with E-state index < -0.39 is 0 Å². The van der Waals surface area contributed by atoms with Crippen LogP contribution in [0.3, 0.4) is 0 Å². The molecule has 1 aliphatic rings. The number of para-hydroxylation sites is 1. The molecule has 0 amide bonds. The highest BCUT2D eigenvalue weighted by molar-refractivity contribution is 6.32. The van der Waals surface area contributed by atoms with Gasteiger partial charge in [0.1, 0.15) is 11.6 Å². The van der Waals surface area contributed by atoms with E-state index in [2.05, 4.69) is 27.4 Å². The Bertz CT molecular complexity index is 782. The second-order valence-corrected chi connectivity index (χ2v) is 6.80. The third kappa shape index (κ3) is 5.04. The zero-order valence-corrected chi connectivity index (χ0v) is 16.5. The minimum absolute atomic E-state index is 0.290. The number of ether oxygens (including phenoxy) is 1. The largest absolute Gasteiger partial charge is 0.496 e. The van der Waals surface area contributed by atoms with Gasteiger partial charge in [0.15, 0.2) is 5.96 Å². The van der Waals surface area contributed by atoms with Crippen LogP contribution < -0.4 is 20.3 Å². The number of pyridine rings is 1. The SMILES string of the molecule is CCNC(=NCc1ccccc1OC)NC1CCN(c2ncccc2Cl)C1. The standard InChI is InChI=1S/C20H26ClN5O/c1-3-22-20(24-13-15-7-4-5-9-18(15)27-2)25-16-10-12-26(14-16)19-17(21)8-6-11-23-19/h4-9,11,16H,3,10,12-14H2,1-2H3,(H2,22,24,25). The maximum atomic E-state index is 6.28. The predicted molar refractivity (Wildman–Crippen MR) is 111 cm³/mol. The molecule has 3 rings (SSSR count). The molecular formula is C20H26ClN5O. The van der Waals surface area contributed by atoms with Crippen LogP contribution in [-0.4, -0.2) is 43.7 Å². The number of aliphatic imine (C=N–C) groups is 1. The number of guanidine groups is 1. The van der Waals surface area contributed by atoms with Crippen LogP contribution in [0.15, 0.2) is 47.6 Å². The second-order valence-electron chi connectivity index (χ2n) is 6.39. The number of aromatic nitrogens is 1. The van der Waals surface area contributed by atoms with Crippen LogP contribution in [0, 0.1) is 0 Å². The summed E-state index contributed by atoms with van der Waals surface area (Å²) in [7, 11) is 1.68. The third-order valence-corrected chi connectivity index (χ3v) is 4.81. The van der Waals surface area contributed by atoms with Crippen LogP contribution in [0.5, 0.6) is 5.75 Å². The molecule has 0 bridgehead atoms. The number of hydrogen-bond donors (Lipinski definition) is 2. The summed E-state index contributed by atoms with van der Waals surface area (Å²) in [5.74, 6) is 2.51. The van der Waals surface area contributed by atoms with Crippen LogP contribution >= 0.6 is 11.6 Å². The predicted octanol–water partition coefficient (Wildman–Crippen LogP) is 3.08. The van der Waals surface area contributed by atoms with E-state index >= 15 is 0 Å². The third-order valence-electron chi connectivity index (χ3n) is 4.51. The Morgan fingerprint density at radius 3 is 2.96 bits per heavy atom. The highest BCUT2D eigenvalue weighted by Gasteiger charge is 2.25. The van der Waals surface area contributed by atoms with E-state index in [9.17, 15) is 0 Å². The minimum atomic E-state index is 0.290. The van der Waals surface area contributed by atoms with E-state index in [0.717, 1.165) is 49.1 Å². The van der Waals surface area contributed by atoms with Gasteiger partial charge in [-0.3, -0.25) is 0 Å². The molecule has 6 nitrogen and oxygen atoms in total. The number of nitrogens with one attached hydrogen (secondary N) is 2. The molecule has 1 fully saturated rings. The highest BCUT2D eigenvalue weighted by Crippen LogP contribution is 2.25. The van der Waals surface area contributed by atoms with E-state index in [4.69, 9.17) is 21.3 Å². The summed E-state index contributed by atoms with van der Waals surface area (Å²) in [4.78, 5) is 11.3. The Kier molecular flexibility index (Phi) is 6.76. The van der Waals surface area contributed by atoms with Crippen LogP contribution in [0.2, 0.25) is 5.02 Å². The molecule has 1 unspecified atom stereocenters. The Labute approximate surface area is 165 Å². The van der Waals surface area contributed by atoms with Gasteiger partial charge < -0.3 is 20.3 Å². The molecule has 144 valence electrons. The monoisotopic (exact) mass is 387 g/mol. The van der Waals surface area contributed by atoms with Gasteiger partial charge in [0.05, 0.1) is 18.7 Å². The van der Waals surface area contributed by atoms with Crippen molar-refractivity contribution in [2.75, 3.05) is 31.6 Å². The first kappa shape index (κ1) is 19.3. The van der Waals surface area contributed by atoms with Crippen molar-refractivity contribution in [3.8, 4) is 5.75 Å². The van der Waals surface area contributed by atoms with Crippen molar-refractivity contribution in [3.63, 3.8) is 0 Å². The molecule has 2 N–H and O–H groups in total. The van der Waals surface area contributed by atoms with Crippen molar-refractivity contribution in [1.29, 1.82) is 0 Å². The van der Waals surface area contributed by atoms with E-state index in [1.54, 1.807) is 13.3 Å². The van der Waals surface area contributed by atoms with Gasteiger partial charge in [-0.05, 0) is 31.5 Å². The Balaban J connectivity index is 1.64. The van der Waals surface area contributed by atoms with E-state index in [1.165, 1.54) is 0 Å². The number of halogens is 1. The van der Waals surface area contributed by atoms with Gasteiger partial charge in [-0.15, -0.1) is 0 Å². The molecule has 1 aromatic carbocycles. The van der Waals surface area contributed by atoms with Crippen LogP contribution in [-0.2, 0) is 6.54 Å². The lowest BCUT2D eigenvalue weighted by Gasteiger charge is -2.20. The molecule has 0 radical (unpaired) electrons. The second kappa shape index (κ2) is 9.46. The lowest BCUT2D eigenvalue weighted by Crippen LogP contribution is -2.44. The number of rotatable bonds is 6. The summed E-state index contributed by atoms with van der Waals surface area (Å²) in [6.45, 7) is 5.19. The van der Waals surface area contributed by atoms with Crippen molar-refractivity contribution in [1.82, 2.24) is 15.6 Å². The molecule has 0 spiro atoms. The molecule has 1 aliphatic heterocycles. The molecule has 2 aromatic rings. The molecule has 1 aromatic heterocycles. The Morgan fingerprint density at radius 2 is 2.19 bits per heavy atom. The number of anilines is 1. The fourth-order valence-corrected chi connectivity index (χ4v) is 3.43. The van der Waals surface area contributed by atoms with E-state index in [0.29, 0.717) is 17.6 Å². The molecule has 0 saturated carbocycles. The minimum Gasteiger partial charge on any atom is -0.496 e. The molecular weight excluding hydrogens is 362 g/mol. The van der Waals surface area contributed by atoms with Gasteiger partial charge in [0.2, 0.25) is 0 Å². The van der Waals surface area contributed by atoms with Crippen molar-refractivity contribution in [3.05, 3.63) is 53.2 Å². The quantitative estimate of drug-likeness (QED) is 0.589. The first-order valence-corrected chi connectivity index (χ1v) is 9.61. The van der Waals surface area contributed by atoms with Gasteiger partial charge in [0.25, 0.3) is 0 Å². The summed E-state index contributed by atoms with van der Waals surface area (Å²) in [6, 6.07) is 12.0. The maximum absolute atomic E-state index is 6.28. The molecule has 27 heavy (non-hydrogen) atoms. The van der Waals surface area contributed by atoms with Crippen LogP contribution in [0.25, 0.3) is 0 Å². The molecule has 2 heterocycles. The van der Waals surface area contributed by atoms with Gasteiger partial charge >= 0.3 is 0 Å². The van der Waals surface area contributed by atoms with Gasteiger partial charge in [-0.2, -0.15) is 0 Å². The van der Waals surface area contributed by atoms with Crippen molar-refractivity contribution in [2.24, 2.45) is 4.99 Å². The first-order chi connectivity index (χ1) is 13.2. The summed E-state index contributed by atoms with van der Waals surface area (Å²) in [5, 5.41) is 7.54. The Hall–Kier alpha value is -2.47. The zero-order chi connectivity index (χ0) is 19.1. The van der Waals surface area contributed by atoms with E-state index in [-0.39, 0.29) is 0 Å². The zero-order valence-electron chi connectivity index (χ0n) is 15.8. The Morgan fingerprint density at radius 1 is 1.33 bits per heavy atom. The molecule has 7 heteroatoms. The first-order valence-electron chi connectivity index (χ1n) is 9.23. The molecule has 1 atom stereocenters. The fourth-order valence-electron chi connectivity index (χ4n) is 3.19. The fraction of sp³-hybridized carbons (Fsp3) is 0.400. The molecule has 0 aliphatic carbocycles. The van der Waals surface area contributed by atoms with Crippen molar-refractivity contribution < 1.29 is 4.74 Å². The average Bonchev–Trinajstić information content (AvgIpc) is 3.15. The topological polar surface area (TPSA) is 61.8 Å². The number of benzene rings is 1. The van der Waals surface area contributed by atoms with Gasteiger partial charge in [-0.1, -0.05) is 29.8 Å². The van der Waals surface area contributed by atoms with Gasteiger partial charge in [0, 0.05) is 37.4 Å². The lowest BCUT2D eigenvalue weighted by atomic mass is 10.2. The smallest absolute Gasteiger partial charge is 0.191 e. The molecule has 1 saturated heterocycles. The highest BCUT2D eigenvalue weighted by atomic mass is 35.5. The van der Waals surface area contributed by atoms with E-state index in [1.807, 2.05) is 36.4 Å². The normalized spacial score (nSPS) is 17.1. The summed E-state index contributed by atoms with van der Waals surface area (Å²) < 4.78 is 5.41. The van der Waals surface area contributed by atoms with Crippen LogP contribution in [0.4, 0.5) is 5.82 Å². The number of hydrogen-bond acceptors (Lipinski definition) is 4.